The predicted molar refractivity (Wildman–Crippen MR) is 149 cm³/mol. The van der Waals surface area contributed by atoms with Crippen LogP contribution in [0.2, 0.25) is 0 Å². The van der Waals surface area contributed by atoms with Gasteiger partial charge in [0.05, 0.1) is 5.69 Å². The zero-order valence-corrected chi connectivity index (χ0v) is 23.7. The molecule has 3 amide bonds. The van der Waals surface area contributed by atoms with Gasteiger partial charge in [0.25, 0.3) is 5.91 Å². The van der Waals surface area contributed by atoms with Crippen molar-refractivity contribution >= 4 is 17.7 Å². The van der Waals surface area contributed by atoms with Crippen LogP contribution in [0.1, 0.15) is 128 Å². The molecule has 0 bridgehead atoms. The number of hydrazine groups is 1. The van der Waals surface area contributed by atoms with Gasteiger partial charge in [-0.25, -0.2) is 10.5 Å². The summed E-state index contributed by atoms with van der Waals surface area (Å²) in [6.45, 7) is 4.58. The first-order valence-electron chi connectivity index (χ1n) is 14.9. The first kappa shape index (κ1) is 31.7. The number of hydrogen-bond acceptors (Lipinski definition) is 6. The number of aryl methyl sites for hydroxylation is 1. The molecule has 10 heteroatoms. The summed E-state index contributed by atoms with van der Waals surface area (Å²) in [5.74, 6) is 4.92. The molecular weight excluding hydrogens is 482 g/mol. The van der Waals surface area contributed by atoms with Crippen molar-refractivity contribution in [1.82, 2.24) is 31.1 Å². The van der Waals surface area contributed by atoms with Crippen LogP contribution in [0.15, 0.2) is 6.20 Å². The summed E-state index contributed by atoms with van der Waals surface area (Å²) in [5.41, 5.74) is 3.00. The lowest BCUT2D eigenvalue weighted by atomic mass is 9.93. The molecule has 2 rings (SSSR count). The summed E-state index contributed by atoms with van der Waals surface area (Å²) in [4.78, 5) is 37.7. The summed E-state index contributed by atoms with van der Waals surface area (Å²) in [6.07, 6.45) is 18.6. The van der Waals surface area contributed by atoms with Crippen LogP contribution in [-0.4, -0.2) is 45.3 Å². The summed E-state index contributed by atoms with van der Waals surface area (Å²) >= 11 is 0. The second-order valence-electron chi connectivity index (χ2n) is 11.0. The molecule has 1 aromatic heterocycles. The largest absolute Gasteiger partial charge is 0.356 e. The van der Waals surface area contributed by atoms with Gasteiger partial charge in [-0.1, -0.05) is 69.4 Å². The molecule has 216 valence electrons. The Bertz CT molecular complexity index is 813. The van der Waals surface area contributed by atoms with E-state index in [1.165, 1.54) is 51.4 Å². The minimum absolute atomic E-state index is 0.0313. The fourth-order valence-corrected chi connectivity index (χ4v) is 4.97. The highest BCUT2D eigenvalue weighted by molar-refractivity contribution is 5.88. The van der Waals surface area contributed by atoms with Gasteiger partial charge in [-0.15, -0.1) is 5.10 Å². The molecule has 1 heterocycles. The Morgan fingerprint density at radius 3 is 2.13 bits per heavy atom. The van der Waals surface area contributed by atoms with Crippen molar-refractivity contribution < 1.29 is 14.4 Å². The Balaban J connectivity index is 1.72. The van der Waals surface area contributed by atoms with Crippen LogP contribution in [0.5, 0.6) is 0 Å². The topological polar surface area (TPSA) is 144 Å². The molecule has 1 aliphatic carbocycles. The van der Waals surface area contributed by atoms with Crippen LogP contribution in [0, 0.1) is 5.92 Å². The Morgan fingerprint density at radius 2 is 1.58 bits per heavy atom. The molecule has 1 saturated carbocycles. The number of hydrogen-bond donors (Lipinski definition) is 4. The van der Waals surface area contributed by atoms with Crippen molar-refractivity contribution in [3.63, 3.8) is 0 Å². The molecule has 1 aliphatic rings. The van der Waals surface area contributed by atoms with E-state index in [0.29, 0.717) is 38.6 Å². The quantitative estimate of drug-likeness (QED) is 0.139. The lowest BCUT2D eigenvalue weighted by Crippen LogP contribution is -2.50. The first-order valence-corrected chi connectivity index (χ1v) is 14.9. The highest BCUT2D eigenvalue weighted by Gasteiger charge is 2.24. The molecule has 0 radical (unpaired) electrons. The molecule has 0 aliphatic heterocycles. The van der Waals surface area contributed by atoms with Gasteiger partial charge in [0.1, 0.15) is 6.04 Å². The van der Waals surface area contributed by atoms with Crippen LogP contribution in [0.3, 0.4) is 0 Å². The van der Waals surface area contributed by atoms with Gasteiger partial charge >= 0.3 is 0 Å². The fraction of sp³-hybridized carbons (Fsp3) is 0.821. The average Bonchev–Trinajstić information content (AvgIpc) is 3.39. The van der Waals surface area contributed by atoms with E-state index in [1.54, 1.807) is 4.68 Å². The maximum absolute atomic E-state index is 13.1. The normalized spacial score (nSPS) is 17.1. The van der Waals surface area contributed by atoms with E-state index in [-0.39, 0.29) is 29.7 Å². The monoisotopic (exact) mass is 533 g/mol. The van der Waals surface area contributed by atoms with Crippen LogP contribution in [0.25, 0.3) is 0 Å². The Morgan fingerprint density at radius 1 is 0.974 bits per heavy atom. The molecule has 1 aromatic rings. The maximum Gasteiger partial charge on any atom is 0.256 e. The molecule has 38 heavy (non-hydrogen) atoms. The van der Waals surface area contributed by atoms with Gasteiger partial charge in [0, 0.05) is 37.5 Å². The number of nitrogens with zero attached hydrogens (tertiary/aromatic N) is 3. The third-order valence-corrected chi connectivity index (χ3v) is 7.44. The van der Waals surface area contributed by atoms with E-state index in [2.05, 4.69) is 26.4 Å². The lowest BCUT2D eigenvalue weighted by Gasteiger charge is -2.22. The highest BCUT2D eigenvalue weighted by Crippen LogP contribution is 2.21. The molecule has 5 N–H and O–H groups in total. The van der Waals surface area contributed by atoms with Gasteiger partial charge in [-0.2, -0.15) is 0 Å². The number of rotatable bonds is 12. The zero-order valence-electron chi connectivity index (χ0n) is 23.7. The minimum Gasteiger partial charge on any atom is -0.356 e. The maximum atomic E-state index is 13.1. The van der Waals surface area contributed by atoms with Crippen LogP contribution in [0.4, 0.5) is 0 Å². The van der Waals surface area contributed by atoms with Crippen LogP contribution < -0.4 is 21.9 Å². The Hall–Kier alpha value is -2.49. The number of unbranched alkanes of at least 4 members (excludes halogenated alkanes) is 1. The second-order valence-corrected chi connectivity index (χ2v) is 11.0. The smallest absolute Gasteiger partial charge is 0.256 e. The van der Waals surface area contributed by atoms with Gasteiger partial charge in [0.2, 0.25) is 11.8 Å². The van der Waals surface area contributed by atoms with Crippen molar-refractivity contribution in [3.8, 4) is 0 Å². The second kappa shape index (κ2) is 18.7. The SMILES string of the molecule is CC(C)n1cc(CCC(=O)NCCCC[C@H](NC(=O)C2CCCCCCCCCCCC2)C(=O)NN)nn1. The average molecular weight is 534 g/mol. The first-order chi connectivity index (χ1) is 18.4. The van der Waals surface area contributed by atoms with Crippen LogP contribution >= 0.6 is 0 Å². The Labute approximate surface area is 228 Å². The van der Waals surface area contributed by atoms with Gasteiger partial charge in [-0.3, -0.25) is 19.8 Å². The van der Waals surface area contributed by atoms with Crippen molar-refractivity contribution in [2.75, 3.05) is 6.54 Å². The number of carbonyl (C=O) groups excluding carboxylic acids is 3. The fourth-order valence-electron chi connectivity index (χ4n) is 4.97. The molecular formula is C28H51N7O3. The molecule has 10 nitrogen and oxygen atoms in total. The molecule has 0 saturated heterocycles. The third-order valence-electron chi connectivity index (χ3n) is 7.44. The molecule has 0 unspecified atom stereocenters. The number of amides is 3. The van der Waals surface area contributed by atoms with E-state index < -0.39 is 6.04 Å². The van der Waals surface area contributed by atoms with Gasteiger partial charge < -0.3 is 10.6 Å². The summed E-state index contributed by atoms with van der Waals surface area (Å²) < 4.78 is 1.78. The van der Waals surface area contributed by atoms with E-state index in [0.717, 1.165) is 31.4 Å². The van der Waals surface area contributed by atoms with E-state index in [4.69, 9.17) is 5.84 Å². The third kappa shape index (κ3) is 12.8. The number of nitrogens with one attached hydrogen (secondary N) is 3. The summed E-state index contributed by atoms with van der Waals surface area (Å²) in [7, 11) is 0. The van der Waals surface area contributed by atoms with Gasteiger partial charge in [0.15, 0.2) is 0 Å². The van der Waals surface area contributed by atoms with E-state index in [9.17, 15) is 14.4 Å². The number of nitrogens with two attached hydrogens (primary N) is 1. The van der Waals surface area contributed by atoms with Crippen molar-refractivity contribution in [2.24, 2.45) is 11.8 Å². The van der Waals surface area contributed by atoms with Crippen molar-refractivity contribution in [2.45, 2.75) is 135 Å². The van der Waals surface area contributed by atoms with Crippen molar-refractivity contribution in [3.05, 3.63) is 11.9 Å². The zero-order chi connectivity index (χ0) is 27.6. The minimum atomic E-state index is -0.656. The summed E-state index contributed by atoms with van der Waals surface area (Å²) in [6, 6.07) is -0.416. The van der Waals surface area contributed by atoms with Gasteiger partial charge in [-0.05, 0) is 46.0 Å². The number of aromatic nitrogens is 3. The van der Waals surface area contributed by atoms with E-state index >= 15 is 0 Å². The molecule has 0 spiro atoms. The molecule has 1 atom stereocenters. The van der Waals surface area contributed by atoms with Crippen molar-refractivity contribution in [1.29, 1.82) is 0 Å². The predicted octanol–water partition coefficient (Wildman–Crippen LogP) is 3.86. The van der Waals surface area contributed by atoms with Crippen LogP contribution in [-0.2, 0) is 20.8 Å². The molecule has 1 fully saturated rings. The lowest BCUT2D eigenvalue weighted by molar-refractivity contribution is -0.131. The standard InChI is InChI=1S/C28H51N7O3/c1-22(2)35-21-24(33-34-35)18-19-26(36)30-20-14-13-17-25(28(38)32-29)31-27(37)23-15-11-9-7-5-3-4-6-8-10-12-16-23/h21-23,25H,3-20,29H2,1-2H3,(H,30,36)(H,31,37)(H,32,38)/t25-/m0/s1. The number of carbonyl (C=O) groups is 3. The van der Waals surface area contributed by atoms with E-state index in [1.807, 2.05) is 20.0 Å². The summed E-state index contributed by atoms with van der Waals surface area (Å²) in [5, 5.41) is 14.1. The Kier molecular flexibility index (Phi) is 15.6. The highest BCUT2D eigenvalue weighted by atomic mass is 16.2. The molecule has 0 aromatic carbocycles.